The van der Waals surface area contributed by atoms with Crippen LogP contribution < -0.4 is 118 Å². The number of carbonyl (C=O) groups excluding carboxylic acids is 23. The highest BCUT2D eigenvalue weighted by atomic mass is 16.3. The van der Waals surface area contributed by atoms with Gasteiger partial charge in [0.1, 0.15) is 105 Å². The van der Waals surface area contributed by atoms with Gasteiger partial charge in [0.15, 0.2) is 0 Å². The fraction of sp³-hybridized carbons (Fsp3) is 0.681. The Morgan fingerprint density at radius 3 is 1.14 bits per heavy atom. The van der Waals surface area contributed by atoms with Crippen LogP contribution in [0, 0.1) is 17.8 Å². The van der Waals surface area contributed by atoms with Gasteiger partial charge in [-0.2, -0.15) is 0 Å². The Bertz CT molecular complexity index is 4620. The molecule has 1 heterocycles. The molecule has 138 heavy (non-hydrogen) atoms. The predicted molar refractivity (Wildman–Crippen MR) is 504 cm³/mol. The fourth-order valence-electron chi connectivity index (χ4n) is 13.8. The zero-order chi connectivity index (χ0) is 106. The third-order valence-corrected chi connectivity index (χ3v) is 22.2. The first-order valence-electron chi connectivity index (χ1n) is 45.8. The van der Waals surface area contributed by atoms with E-state index in [0.29, 0.717) is 6.42 Å². The summed E-state index contributed by atoms with van der Waals surface area (Å²) >= 11 is 0. The number of likely N-dealkylation sites (tertiary alicyclic amines) is 1. The Balaban J connectivity index is 2.19. The van der Waals surface area contributed by atoms with Gasteiger partial charge in [-0.05, 0) is 206 Å². The summed E-state index contributed by atoms with van der Waals surface area (Å²) in [5.41, 5.74) is 2.71. The maximum absolute atomic E-state index is 14.6. The van der Waals surface area contributed by atoms with Crippen LogP contribution in [-0.4, -0.2) is 276 Å². The monoisotopic (exact) mass is 1950 g/mol. The molecule has 23 amide bonds. The second-order valence-electron chi connectivity index (χ2n) is 40.4. The molecule has 26 N–H and O–H groups in total. The third-order valence-electron chi connectivity index (χ3n) is 22.2. The van der Waals surface area contributed by atoms with Crippen LogP contribution in [0.4, 0.5) is 0 Å². The van der Waals surface area contributed by atoms with Gasteiger partial charge in [0.25, 0.3) is 0 Å². The van der Waals surface area contributed by atoms with Gasteiger partial charge in [-0.25, -0.2) is 0 Å². The van der Waals surface area contributed by atoms with Crippen molar-refractivity contribution in [3.8, 4) is 0 Å². The molecule has 1 aliphatic heterocycles. The number of nitrogens with one attached hydrogen (secondary N) is 19. The summed E-state index contributed by atoms with van der Waals surface area (Å²) < 4.78 is 0. The number of primary amides is 3. The number of nitrogens with zero attached hydrogens (tertiary/aromatic N) is 1. The molecule has 1 saturated heterocycles. The first-order valence-corrected chi connectivity index (χ1v) is 45.8. The molecule has 0 spiro atoms. The highest BCUT2D eigenvalue weighted by Crippen LogP contribution is 2.25. The summed E-state index contributed by atoms with van der Waals surface area (Å²) in [6, 6.07) is -5.61. The van der Waals surface area contributed by atoms with Crippen molar-refractivity contribution in [3.63, 3.8) is 0 Å². The molecule has 774 valence electrons. The first kappa shape index (κ1) is 121. The van der Waals surface area contributed by atoms with Gasteiger partial charge < -0.3 is 128 Å². The molecular formula is C91H151N23O24. The van der Waals surface area contributed by atoms with Crippen molar-refractivity contribution in [1.82, 2.24) is 106 Å². The van der Waals surface area contributed by atoms with E-state index in [0.717, 1.165) is 5.56 Å². The van der Waals surface area contributed by atoms with Crippen LogP contribution in [0.15, 0.2) is 30.3 Å². The number of nitrogens with two attached hydrogens (primary N) is 3. The van der Waals surface area contributed by atoms with E-state index in [2.05, 4.69) is 101 Å². The molecule has 47 nitrogen and oxygen atoms in total. The van der Waals surface area contributed by atoms with Crippen LogP contribution in [-0.2, 0) is 117 Å². The molecular weight excluding hydrogens is 1800 g/mol. The number of hydrogen-bond donors (Lipinski definition) is 23. The van der Waals surface area contributed by atoms with Gasteiger partial charge in [-0.1, -0.05) is 71.9 Å². The normalized spacial score (nSPS) is 15.3. The Morgan fingerprint density at radius 2 is 0.717 bits per heavy atom. The average Bonchev–Trinajstić information content (AvgIpc) is 1.57. The van der Waals surface area contributed by atoms with Gasteiger partial charge in [0.05, 0.1) is 19.2 Å². The van der Waals surface area contributed by atoms with Gasteiger partial charge in [0.2, 0.25) is 136 Å². The molecule has 1 fully saturated rings. The van der Waals surface area contributed by atoms with Gasteiger partial charge in [-0.15, -0.1) is 0 Å². The van der Waals surface area contributed by atoms with E-state index in [1.54, 1.807) is 71.9 Å². The summed E-state index contributed by atoms with van der Waals surface area (Å²) in [4.78, 5) is 313. The molecule has 2 rings (SSSR count). The van der Waals surface area contributed by atoms with E-state index in [9.17, 15) is 115 Å². The minimum atomic E-state index is -1.92. The smallest absolute Gasteiger partial charge is 0.248 e. The first-order chi connectivity index (χ1) is 63.2. The lowest BCUT2D eigenvalue weighted by Crippen LogP contribution is -2.66. The SMILES string of the molecule is CC(=O)NC(C)(C)C(=O)N[C@@H](C)C(=O)N[C@@H](C)C(=O)N[C@@H](C)C(=O)NC(C)(C)C(=O)NC(C)(C)C(=O)N[C@@H](CCC(N)=O)C(=O)NC(C)(C)C(=O)N[C@@H](CC(C)C)C(=O)NC(C)(C)C(=O)NCC(=O)N[C@@H](CC(C)C)C(=O)NC(C)(C)C(=O)N1CCC[C@H]1C(=O)N[C@H](C(=O)NC(C)(C)C(=O)NC(C)(C)C(=O)N[C@@H](CCC(N)=O)C(=O)N[C@@H](CCC(N)=O)C(=O)NC(CO)Cc1ccccc1)C(C)C. The Morgan fingerprint density at radius 1 is 0.370 bits per heavy atom. The van der Waals surface area contributed by atoms with Crippen molar-refractivity contribution < 1.29 is 115 Å². The Hall–Kier alpha value is -13.0. The Kier molecular flexibility index (Phi) is 45.6. The molecule has 1 aliphatic rings. The lowest BCUT2D eigenvalue weighted by Gasteiger charge is -2.36. The predicted octanol–water partition coefficient (Wildman–Crippen LogP) is -5.04. The van der Waals surface area contributed by atoms with Crippen LogP contribution >= 0.6 is 0 Å². The van der Waals surface area contributed by atoms with Gasteiger partial charge >= 0.3 is 0 Å². The van der Waals surface area contributed by atoms with Crippen LogP contribution in [0.1, 0.15) is 250 Å². The molecule has 1 aromatic rings. The molecule has 0 saturated carbocycles. The maximum Gasteiger partial charge on any atom is 0.248 e. The van der Waals surface area contributed by atoms with Gasteiger partial charge in [0, 0.05) is 32.7 Å². The van der Waals surface area contributed by atoms with Crippen LogP contribution in [0.3, 0.4) is 0 Å². The lowest BCUT2D eigenvalue weighted by atomic mass is 9.96. The number of aliphatic hydroxyl groups excluding tert-OH is 1. The molecule has 47 heteroatoms. The summed E-state index contributed by atoms with van der Waals surface area (Å²) in [6.45, 7) is 35.0. The number of amides is 23. The number of benzene rings is 1. The molecule has 0 radical (unpaired) electrons. The minimum Gasteiger partial charge on any atom is -0.394 e. The van der Waals surface area contributed by atoms with Crippen molar-refractivity contribution in [2.24, 2.45) is 35.0 Å². The lowest BCUT2D eigenvalue weighted by molar-refractivity contribution is -0.146. The zero-order valence-electron chi connectivity index (χ0n) is 84.4. The summed E-state index contributed by atoms with van der Waals surface area (Å²) in [5.74, 6) is -21.0. The van der Waals surface area contributed by atoms with Crippen molar-refractivity contribution in [2.75, 3.05) is 19.7 Å². The second-order valence-corrected chi connectivity index (χ2v) is 40.4. The fourth-order valence-corrected chi connectivity index (χ4v) is 13.8. The van der Waals surface area contributed by atoms with E-state index >= 15 is 0 Å². The van der Waals surface area contributed by atoms with E-state index in [4.69, 9.17) is 17.2 Å². The summed E-state index contributed by atoms with van der Waals surface area (Å²) in [6.07, 6.45) is -1.84. The Labute approximate surface area is 805 Å². The molecule has 0 bridgehead atoms. The molecule has 11 atom stereocenters. The summed E-state index contributed by atoms with van der Waals surface area (Å²) in [7, 11) is 0. The average molecular weight is 1950 g/mol. The van der Waals surface area contributed by atoms with Crippen molar-refractivity contribution in [2.45, 2.75) is 361 Å². The number of hydrogen-bond acceptors (Lipinski definition) is 24. The molecule has 0 aliphatic carbocycles. The van der Waals surface area contributed by atoms with Crippen LogP contribution in [0.5, 0.6) is 0 Å². The van der Waals surface area contributed by atoms with Crippen LogP contribution in [0.25, 0.3) is 0 Å². The minimum absolute atomic E-state index is 0.00643. The second kappa shape index (κ2) is 52.0. The topological polar surface area (TPSA) is 723 Å². The highest BCUT2D eigenvalue weighted by Gasteiger charge is 2.48. The molecule has 1 aromatic carbocycles. The van der Waals surface area contributed by atoms with E-state index in [-0.39, 0.29) is 56.9 Å². The zero-order valence-corrected chi connectivity index (χ0v) is 84.4. The molecule has 0 aromatic heterocycles. The van der Waals surface area contributed by atoms with E-state index in [1.165, 1.54) is 143 Å². The van der Waals surface area contributed by atoms with Crippen LogP contribution in [0.2, 0.25) is 0 Å². The standard InChI is InChI=1S/C91H151N23O24/c1-46(2)41-58(72(127)110-91(25,26)83(138)114-40-30-33-60(114)74(129)105-65(48(5)6)75(130)111-90(23,24)82(137)113-87(17,18)79(134)102-56(35-38-62(93)118)70(125)101-55(34-37-61(92)117)69(124)99-54(45-115)43-53-31-28-27-29-32-53)100-64(120)44-95-76(131)84(11,12)109-73(128)59(42-47(3)4)104-78(133)86(15,16)108-71(126)57(36-39-63(94)119)103-80(135)88(19,20)112-81(136)89(21,22)107-68(123)51(9)97-66(121)49(7)96-67(122)50(8)98-77(132)85(13,14)106-52(10)116/h27-29,31-32,46-51,54-60,65,115H,30,33-45H2,1-26H3,(H2,92,117)(H2,93,118)(H2,94,119)(H,95,131)(H,96,122)(H,97,121)(H,98,132)(H,99,124)(H,100,120)(H,101,125)(H,102,134)(H,103,135)(H,104,133)(H,105,129)(H,106,116)(H,107,123)(H,108,126)(H,109,128)(H,110,127)(H,111,130)(H,112,136)(H,113,137)/t49-,50-,51-,54?,55-,56-,57-,58-,59-,60-,65-/m0/s1. The van der Waals surface area contributed by atoms with E-state index in [1.807, 2.05) is 0 Å². The largest absolute Gasteiger partial charge is 0.394 e. The number of rotatable bonds is 55. The van der Waals surface area contributed by atoms with Crippen molar-refractivity contribution in [3.05, 3.63) is 35.9 Å². The van der Waals surface area contributed by atoms with Crippen molar-refractivity contribution >= 4 is 136 Å². The summed E-state index contributed by atoms with van der Waals surface area (Å²) in [5, 5.41) is 58.2. The number of carbonyl (C=O) groups is 23. The number of aliphatic hydroxyl groups is 1. The quantitative estimate of drug-likeness (QED) is 0.0290. The third kappa shape index (κ3) is 39.6. The van der Waals surface area contributed by atoms with E-state index < -0.39 is 291 Å². The highest BCUT2D eigenvalue weighted by molar-refractivity contribution is 6.05. The van der Waals surface area contributed by atoms with Crippen molar-refractivity contribution in [1.29, 1.82) is 0 Å². The maximum atomic E-state index is 14.6. The molecule has 1 unspecified atom stereocenters. The van der Waals surface area contributed by atoms with Gasteiger partial charge in [-0.3, -0.25) is 110 Å².